The first-order valence-electron chi connectivity index (χ1n) is 9.16. The smallest absolute Gasteiger partial charge is 0.242 e. The van der Waals surface area contributed by atoms with Crippen LogP contribution in [0.15, 0.2) is 0 Å². The maximum absolute atomic E-state index is 12.3. The molecule has 1 atom stereocenters. The highest BCUT2D eigenvalue weighted by atomic mass is 127. The molecule has 0 saturated carbocycles. The second kappa shape index (κ2) is 13.8. The Morgan fingerprint density at radius 3 is 2.72 bits per heavy atom. The average molecular weight is 483 g/mol. The van der Waals surface area contributed by atoms with Crippen LogP contribution in [-0.2, 0) is 14.4 Å². The van der Waals surface area contributed by atoms with E-state index in [-0.39, 0.29) is 23.0 Å². The minimum absolute atomic E-state index is 0.0443. The topological polar surface area (TPSA) is 78.5 Å². The van der Waals surface area contributed by atoms with Crippen molar-refractivity contribution in [3.05, 3.63) is 0 Å². The number of rotatable bonds is 14. The minimum atomic E-state index is -0.217. The van der Waals surface area contributed by atoms with E-state index in [0.717, 1.165) is 57.4 Å². The number of hydrogen-bond donors (Lipinski definition) is 2. The highest BCUT2D eigenvalue weighted by molar-refractivity contribution is 14.1. The number of halogens is 1. The average Bonchev–Trinajstić information content (AvgIpc) is 2.86. The second-order valence-electron chi connectivity index (χ2n) is 6.20. The summed E-state index contributed by atoms with van der Waals surface area (Å²) in [7, 11) is 0. The number of unbranched alkanes of at least 4 members (excludes halogenated alkanes) is 4. The van der Waals surface area contributed by atoms with Gasteiger partial charge in [-0.05, 0) is 19.3 Å². The molecule has 0 aromatic heterocycles. The number of thioether (sulfide) groups is 1. The van der Waals surface area contributed by atoms with Crippen molar-refractivity contribution in [3.8, 4) is 0 Å². The molecule has 1 heterocycles. The first kappa shape index (κ1) is 22.7. The molecule has 1 aliphatic rings. The van der Waals surface area contributed by atoms with Gasteiger partial charge in [-0.1, -0.05) is 26.2 Å². The number of hydrogen-bond acceptors (Lipinski definition) is 5. The third-order valence-corrected chi connectivity index (χ3v) is 5.86. The Bertz CT molecular complexity index is 437. The molecule has 0 bridgehead atoms. The van der Waals surface area contributed by atoms with Crippen molar-refractivity contribution in [1.29, 1.82) is 0 Å². The lowest BCUT2D eigenvalue weighted by Gasteiger charge is -2.14. The minimum Gasteiger partial charge on any atom is -0.356 e. The van der Waals surface area contributed by atoms with Crippen molar-refractivity contribution in [2.45, 2.75) is 63.5 Å². The van der Waals surface area contributed by atoms with Gasteiger partial charge in [-0.15, -0.1) is 11.8 Å². The van der Waals surface area contributed by atoms with E-state index in [0.29, 0.717) is 19.4 Å². The number of amides is 3. The molecular formula is C17H30IN3O3S. The molecule has 1 saturated heterocycles. The maximum Gasteiger partial charge on any atom is 0.242 e. The van der Waals surface area contributed by atoms with Gasteiger partial charge >= 0.3 is 0 Å². The highest BCUT2D eigenvalue weighted by Gasteiger charge is 2.38. The summed E-state index contributed by atoms with van der Waals surface area (Å²) in [6.45, 7) is 4.21. The molecular weight excluding hydrogens is 453 g/mol. The van der Waals surface area contributed by atoms with Crippen LogP contribution in [0.5, 0.6) is 0 Å². The molecule has 2 N–H and O–H groups in total. The molecule has 0 aromatic carbocycles. The Hall–Kier alpha value is -0.350. The van der Waals surface area contributed by atoms with Gasteiger partial charge in [0, 0.05) is 61.1 Å². The third kappa shape index (κ3) is 9.23. The fraction of sp³-hybridized carbons (Fsp3) is 0.824. The van der Waals surface area contributed by atoms with Gasteiger partial charge in [0.25, 0.3) is 0 Å². The standard InChI is InChI=1S/C17H30IN3O3S/c1-2-3-6-9-19-15(22)8-5-4-7-11-21-16(23)13-14(17(21)24)25-12-10-20-18/h14,20H,2-13H2,1H3,(H,19,22). The molecule has 144 valence electrons. The van der Waals surface area contributed by atoms with Gasteiger partial charge in [0.05, 0.1) is 5.25 Å². The van der Waals surface area contributed by atoms with Gasteiger partial charge in [-0.25, -0.2) is 0 Å². The summed E-state index contributed by atoms with van der Waals surface area (Å²) in [6.07, 6.45) is 6.61. The lowest BCUT2D eigenvalue weighted by molar-refractivity contribution is -0.138. The fourth-order valence-corrected chi connectivity index (χ4v) is 4.35. The van der Waals surface area contributed by atoms with E-state index in [1.807, 2.05) is 0 Å². The van der Waals surface area contributed by atoms with Gasteiger partial charge in [-0.3, -0.25) is 22.8 Å². The number of nitrogens with zero attached hydrogens (tertiary/aromatic N) is 1. The molecule has 1 fully saturated rings. The second-order valence-corrected chi connectivity index (χ2v) is 8.27. The first-order chi connectivity index (χ1) is 12.1. The highest BCUT2D eigenvalue weighted by Crippen LogP contribution is 2.25. The largest absolute Gasteiger partial charge is 0.356 e. The van der Waals surface area contributed by atoms with Crippen LogP contribution < -0.4 is 8.85 Å². The molecule has 0 radical (unpaired) electrons. The third-order valence-electron chi connectivity index (χ3n) is 4.11. The van der Waals surface area contributed by atoms with E-state index in [4.69, 9.17) is 0 Å². The summed E-state index contributed by atoms with van der Waals surface area (Å²) in [6, 6.07) is 0. The molecule has 6 nitrogen and oxygen atoms in total. The molecule has 1 unspecified atom stereocenters. The van der Waals surface area contributed by atoms with Gasteiger partial charge in [0.15, 0.2) is 0 Å². The van der Waals surface area contributed by atoms with Crippen LogP contribution in [0, 0.1) is 0 Å². The number of carbonyl (C=O) groups excluding carboxylic acids is 3. The summed E-state index contributed by atoms with van der Waals surface area (Å²) < 4.78 is 3.01. The summed E-state index contributed by atoms with van der Waals surface area (Å²) in [5.41, 5.74) is 0. The predicted octanol–water partition coefficient (Wildman–Crippen LogP) is 2.65. The van der Waals surface area contributed by atoms with Crippen molar-refractivity contribution in [2.75, 3.05) is 25.4 Å². The normalized spacial score (nSPS) is 17.4. The van der Waals surface area contributed by atoms with E-state index in [2.05, 4.69) is 38.6 Å². The molecule has 0 spiro atoms. The van der Waals surface area contributed by atoms with Crippen LogP contribution in [0.4, 0.5) is 0 Å². The van der Waals surface area contributed by atoms with Gasteiger partial charge in [-0.2, -0.15) is 0 Å². The zero-order chi connectivity index (χ0) is 18.5. The van der Waals surface area contributed by atoms with E-state index in [9.17, 15) is 14.4 Å². The lowest BCUT2D eigenvalue weighted by Crippen LogP contribution is -2.32. The first-order valence-corrected chi connectivity index (χ1v) is 11.3. The van der Waals surface area contributed by atoms with Gasteiger partial charge in [0.1, 0.15) is 0 Å². The maximum atomic E-state index is 12.3. The lowest BCUT2D eigenvalue weighted by atomic mass is 10.1. The molecule has 0 aliphatic carbocycles. The van der Waals surface area contributed by atoms with Crippen molar-refractivity contribution in [3.63, 3.8) is 0 Å². The SMILES string of the molecule is CCCCCNC(=O)CCCCCN1C(=O)CC(SCCNI)C1=O. The van der Waals surface area contributed by atoms with Gasteiger partial charge in [0.2, 0.25) is 17.7 Å². The molecule has 1 rings (SSSR count). The number of carbonyl (C=O) groups is 3. The van der Waals surface area contributed by atoms with Crippen molar-refractivity contribution >= 4 is 52.3 Å². The van der Waals surface area contributed by atoms with Crippen LogP contribution in [0.1, 0.15) is 58.3 Å². The molecule has 8 heteroatoms. The molecule has 0 aromatic rings. The Morgan fingerprint density at radius 1 is 1.20 bits per heavy atom. The zero-order valence-electron chi connectivity index (χ0n) is 15.0. The van der Waals surface area contributed by atoms with E-state index in [1.54, 1.807) is 11.8 Å². The summed E-state index contributed by atoms with van der Waals surface area (Å²) in [5.74, 6) is 0.828. The van der Waals surface area contributed by atoms with E-state index < -0.39 is 0 Å². The quantitative estimate of drug-likeness (QED) is 0.172. The predicted molar refractivity (Wildman–Crippen MR) is 111 cm³/mol. The zero-order valence-corrected chi connectivity index (χ0v) is 18.0. The Balaban J connectivity index is 2.12. The van der Waals surface area contributed by atoms with E-state index >= 15 is 0 Å². The Labute approximate surface area is 169 Å². The van der Waals surface area contributed by atoms with Gasteiger partial charge < -0.3 is 5.32 Å². The molecule has 1 aliphatic heterocycles. The van der Waals surface area contributed by atoms with Crippen molar-refractivity contribution in [1.82, 2.24) is 13.7 Å². The number of imide groups is 1. The Morgan fingerprint density at radius 2 is 2.00 bits per heavy atom. The molecule has 3 amide bonds. The van der Waals surface area contributed by atoms with Crippen molar-refractivity contribution < 1.29 is 14.4 Å². The van der Waals surface area contributed by atoms with Crippen LogP contribution in [-0.4, -0.2) is 53.3 Å². The summed E-state index contributed by atoms with van der Waals surface area (Å²) in [4.78, 5) is 37.3. The number of likely N-dealkylation sites (tertiary alicyclic amines) is 1. The van der Waals surface area contributed by atoms with Crippen LogP contribution in [0.2, 0.25) is 0 Å². The van der Waals surface area contributed by atoms with Crippen LogP contribution in [0.3, 0.4) is 0 Å². The van der Waals surface area contributed by atoms with Crippen LogP contribution in [0.25, 0.3) is 0 Å². The fourth-order valence-electron chi connectivity index (χ4n) is 2.68. The monoisotopic (exact) mass is 483 g/mol. The number of nitrogens with one attached hydrogen (secondary N) is 2. The summed E-state index contributed by atoms with van der Waals surface area (Å²) >= 11 is 3.63. The van der Waals surface area contributed by atoms with E-state index in [1.165, 1.54) is 4.90 Å². The molecule has 25 heavy (non-hydrogen) atoms. The summed E-state index contributed by atoms with van der Waals surface area (Å²) in [5, 5.41) is 2.71. The van der Waals surface area contributed by atoms with Crippen LogP contribution >= 0.6 is 34.6 Å². The Kier molecular flexibility index (Phi) is 12.5. The van der Waals surface area contributed by atoms with Crippen molar-refractivity contribution in [2.24, 2.45) is 0 Å².